The Kier molecular flexibility index (Phi) is 6.27. The molecule has 2 saturated heterocycles. The summed E-state index contributed by atoms with van der Waals surface area (Å²) in [5.41, 5.74) is 1.09. The van der Waals surface area contributed by atoms with Crippen molar-refractivity contribution in [1.29, 1.82) is 0 Å². The second-order valence-corrected chi connectivity index (χ2v) is 8.80. The molecular formula is C23H28N2O4S. The van der Waals surface area contributed by atoms with Crippen molar-refractivity contribution in [2.24, 2.45) is 5.92 Å². The van der Waals surface area contributed by atoms with Crippen LogP contribution in [0.2, 0.25) is 0 Å². The minimum atomic E-state index is -0.0156. The van der Waals surface area contributed by atoms with Gasteiger partial charge in [0.15, 0.2) is 11.5 Å². The highest BCUT2D eigenvalue weighted by molar-refractivity contribution is 7.12. The summed E-state index contributed by atoms with van der Waals surface area (Å²) in [7, 11) is 3.25. The van der Waals surface area contributed by atoms with Crippen molar-refractivity contribution < 1.29 is 19.1 Å². The predicted molar refractivity (Wildman–Crippen MR) is 116 cm³/mol. The van der Waals surface area contributed by atoms with Crippen LogP contribution in [-0.2, 0) is 4.79 Å². The molecule has 160 valence electrons. The average Bonchev–Trinajstić information content (AvgIpc) is 3.50. The van der Waals surface area contributed by atoms with E-state index in [0.29, 0.717) is 24.6 Å². The van der Waals surface area contributed by atoms with Crippen LogP contribution in [-0.4, -0.2) is 55.5 Å². The molecule has 0 spiro atoms. The third-order valence-corrected chi connectivity index (χ3v) is 7.05. The lowest BCUT2D eigenvalue weighted by molar-refractivity contribution is -0.137. The van der Waals surface area contributed by atoms with E-state index in [4.69, 9.17) is 9.47 Å². The van der Waals surface area contributed by atoms with E-state index in [0.717, 1.165) is 42.7 Å². The van der Waals surface area contributed by atoms with Gasteiger partial charge in [-0.15, -0.1) is 11.3 Å². The van der Waals surface area contributed by atoms with E-state index < -0.39 is 0 Å². The zero-order valence-corrected chi connectivity index (χ0v) is 18.3. The molecule has 0 radical (unpaired) electrons. The minimum Gasteiger partial charge on any atom is -0.493 e. The number of amides is 2. The molecule has 6 nitrogen and oxygen atoms in total. The molecule has 3 heterocycles. The van der Waals surface area contributed by atoms with Gasteiger partial charge < -0.3 is 19.3 Å². The van der Waals surface area contributed by atoms with Gasteiger partial charge in [0.1, 0.15) is 0 Å². The number of carbonyl (C=O) groups is 2. The highest BCUT2D eigenvalue weighted by Gasteiger charge is 2.36. The first-order valence-corrected chi connectivity index (χ1v) is 11.4. The molecule has 0 bridgehead atoms. The van der Waals surface area contributed by atoms with Crippen LogP contribution < -0.4 is 9.47 Å². The molecule has 2 aliphatic heterocycles. The van der Waals surface area contributed by atoms with E-state index in [1.165, 1.54) is 11.3 Å². The summed E-state index contributed by atoms with van der Waals surface area (Å²) in [5.74, 6) is 1.67. The van der Waals surface area contributed by atoms with Crippen molar-refractivity contribution in [3.8, 4) is 11.5 Å². The summed E-state index contributed by atoms with van der Waals surface area (Å²) in [6.45, 7) is 2.07. The van der Waals surface area contributed by atoms with E-state index in [9.17, 15) is 9.59 Å². The fraction of sp³-hybridized carbons (Fsp3) is 0.478. The fourth-order valence-corrected chi connectivity index (χ4v) is 5.25. The van der Waals surface area contributed by atoms with Gasteiger partial charge in [0.25, 0.3) is 5.91 Å². The van der Waals surface area contributed by atoms with Gasteiger partial charge in [-0.3, -0.25) is 9.59 Å². The molecular weight excluding hydrogens is 400 g/mol. The van der Waals surface area contributed by atoms with E-state index in [1.54, 1.807) is 14.2 Å². The Hall–Kier alpha value is -2.54. The number of carbonyl (C=O) groups excluding carboxylic acids is 2. The van der Waals surface area contributed by atoms with Crippen molar-refractivity contribution in [3.63, 3.8) is 0 Å². The number of hydrogen-bond acceptors (Lipinski definition) is 5. The molecule has 0 saturated carbocycles. The van der Waals surface area contributed by atoms with E-state index in [-0.39, 0.29) is 23.8 Å². The maximum atomic E-state index is 13.3. The first kappa shape index (κ1) is 20.7. The topological polar surface area (TPSA) is 59.1 Å². The van der Waals surface area contributed by atoms with Crippen LogP contribution in [0.25, 0.3) is 0 Å². The first-order chi connectivity index (χ1) is 14.6. The number of benzene rings is 1. The number of piperidine rings is 1. The normalized spacial score (nSPS) is 19.7. The van der Waals surface area contributed by atoms with Crippen LogP contribution >= 0.6 is 11.3 Å². The van der Waals surface area contributed by atoms with Crippen molar-refractivity contribution in [3.05, 3.63) is 46.2 Å². The standard InChI is InChI=1S/C23H28N2O4S/c1-28-19-8-7-17(15-20(19)29-2)18-5-3-11-25(18)22(26)16-9-12-24(13-10-16)23(27)21-6-4-14-30-21/h4,6-8,14-16,18H,3,5,9-13H2,1-2H3/t18-/m0/s1. The van der Waals surface area contributed by atoms with Crippen LogP contribution in [0, 0.1) is 5.92 Å². The quantitative estimate of drug-likeness (QED) is 0.723. The zero-order chi connectivity index (χ0) is 21.1. The number of nitrogens with zero attached hydrogens (tertiary/aromatic N) is 2. The summed E-state index contributed by atoms with van der Waals surface area (Å²) >= 11 is 1.47. The number of thiophene rings is 1. The summed E-state index contributed by atoms with van der Waals surface area (Å²) in [5, 5.41) is 1.92. The van der Waals surface area contributed by atoms with Crippen LogP contribution in [0.4, 0.5) is 0 Å². The summed E-state index contributed by atoms with van der Waals surface area (Å²) in [4.78, 5) is 30.6. The van der Waals surface area contributed by atoms with Crippen molar-refractivity contribution in [1.82, 2.24) is 9.80 Å². The molecule has 0 aliphatic carbocycles. The maximum absolute atomic E-state index is 13.3. The predicted octanol–water partition coefficient (Wildman–Crippen LogP) is 3.98. The molecule has 30 heavy (non-hydrogen) atoms. The smallest absolute Gasteiger partial charge is 0.263 e. The zero-order valence-electron chi connectivity index (χ0n) is 17.5. The van der Waals surface area contributed by atoms with Crippen LogP contribution in [0.3, 0.4) is 0 Å². The molecule has 0 unspecified atom stereocenters. The van der Waals surface area contributed by atoms with E-state index in [1.807, 2.05) is 45.5 Å². The number of likely N-dealkylation sites (tertiary alicyclic amines) is 2. The van der Waals surface area contributed by atoms with Gasteiger partial charge in [-0.05, 0) is 54.8 Å². The molecule has 0 N–H and O–H groups in total. The lowest BCUT2D eigenvalue weighted by atomic mass is 9.94. The third kappa shape index (κ3) is 4.03. The van der Waals surface area contributed by atoms with Gasteiger partial charge in [0.2, 0.25) is 5.91 Å². The van der Waals surface area contributed by atoms with E-state index in [2.05, 4.69) is 0 Å². The number of methoxy groups -OCH3 is 2. The second kappa shape index (κ2) is 9.08. The Morgan fingerprint density at radius 2 is 1.77 bits per heavy atom. The molecule has 4 rings (SSSR count). The SMILES string of the molecule is COc1ccc([C@@H]2CCCN2C(=O)C2CCN(C(=O)c3cccs3)CC2)cc1OC. The second-order valence-electron chi connectivity index (χ2n) is 7.85. The average molecular weight is 429 g/mol. The Balaban J connectivity index is 1.41. The third-order valence-electron chi connectivity index (χ3n) is 6.19. The van der Waals surface area contributed by atoms with Gasteiger partial charge in [-0.25, -0.2) is 0 Å². The van der Waals surface area contributed by atoms with Crippen LogP contribution in [0.5, 0.6) is 11.5 Å². The molecule has 2 fully saturated rings. The number of rotatable bonds is 5. The van der Waals surface area contributed by atoms with Crippen molar-refractivity contribution >= 4 is 23.2 Å². The molecule has 1 atom stereocenters. The van der Waals surface area contributed by atoms with Gasteiger partial charge in [-0.2, -0.15) is 0 Å². The van der Waals surface area contributed by atoms with Gasteiger partial charge in [0, 0.05) is 25.6 Å². The maximum Gasteiger partial charge on any atom is 0.263 e. The fourth-order valence-electron chi connectivity index (χ4n) is 4.56. The van der Waals surface area contributed by atoms with Gasteiger partial charge >= 0.3 is 0 Å². The summed E-state index contributed by atoms with van der Waals surface area (Å²) < 4.78 is 10.8. The molecule has 2 aliphatic rings. The lowest BCUT2D eigenvalue weighted by Gasteiger charge is -2.35. The highest BCUT2D eigenvalue weighted by Crippen LogP contribution is 2.38. The van der Waals surface area contributed by atoms with Crippen LogP contribution in [0.1, 0.15) is 47.0 Å². The summed E-state index contributed by atoms with van der Waals surface area (Å²) in [6.07, 6.45) is 3.41. The van der Waals surface area contributed by atoms with E-state index >= 15 is 0 Å². The number of ether oxygens (including phenoxy) is 2. The first-order valence-electron chi connectivity index (χ1n) is 10.5. The van der Waals surface area contributed by atoms with Crippen LogP contribution in [0.15, 0.2) is 35.7 Å². The lowest BCUT2D eigenvalue weighted by Crippen LogP contribution is -2.44. The number of hydrogen-bond donors (Lipinski definition) is 0. The molecule has 7 heteroatoms. The molecule has 2 aromatic rings. The monoisotopic (exact) mass is 428 g/mol. The Labute approximate surface area is 181 Å². The highest BCUT2D eigenvalue weighted by atomic mass is 32.1. The Morgan fingerprint density at radius 3 is 2.43 bits per heavy atom. The van der Waals surface area contributed by atoms with Crippen molar-refractivity contribution in [2.45, 2.75) is 31.7 Å². The van der Waals surface area contributed by atoms with Gasteiger partial charge in [-0.1, -0.05) is 12.1 Å². The van der Waals surface area contributed by atoms with Crippen molar-refractivity contribution in [2.75, 3.05) is 33.9 Å². The Morgan fingerprint density at radius 1 is 1.00 bits per heavy atom. The van der Waals surface area contributed by atoms with Gasteiger partial charge in [0.05, 0.1) is 25.1 Å². The summed E-state index contributed by atoms with van der Waals surface area (Å²) in [6, 6.07) is 9.75. The molecule has 1 aromatic carbocycles. The minimum absolute atomic E-state index is 0.0156. The molecule has 1 aromatic heterocycles. The Bertz CT molecular complexity index is 891. The largest absolute Gasteiger partial charge is 0.493 e. The molecule has 2 amide bonds.